The van der Waals surface area contributed by atoms with E-state index in [1.165, 1.54) is 0 Å². The van der Waals surface area contributed by atoms with E-state index in [-0.39, 0.29) is 17.7 Å². The van der Waals surface area contributed by atoms with Crippen molar-refractivity contribution in [2.75, 3.05) is 19.3 Å². The highest BCUT2D eigenvalue weighted by Crippen LogP contribution is 2.24. The van der Waals surface area contributed by atoms with Crippen LogP contribution in [0.25, 0.3) is 0 Å². The fourth-order valence-electron chi connectivity index (χ4n) is 1.99. The first-order chi connectivity index (χ1) is 7.30. The summed E-state index contributed by atoms with van der Waals surface area (Å²) in [5.74, 6) is 0.429. The third kappa shape index (κ3) is 4.14. The number of hydrogen-bond donors (Lipinski definition) is 1. The summed E-state index contributed by atoms with van der Waals surface area (Å²) in [7, 11) is -1.13. The van der Waals surface area contributed by atoms with Gasteiger partial charge in [-0.15, -0.1) is 0 Å². The van der Waals surface area contributed by atoms with Crippen LogP contribution in [0.15, 0.2) is 12.3 Å². The van der Waals surface area contributed by atoms with Gasteiger partial charge in [0.2, 0.25) is 10.0 Å². The maximum Gasteiger partial charge on any atom is 0.212 e. The second-order valence-corrected chi connectivity index (χ2v) is 6.70. The topological polar surface area (TPSA) is 49.4 Å². The molecule has 0 aromatic heterocycles. The average Bonchev–Trinajstić information content (AvgIpc) is 2.08. The third-order valence-electron chi connectivity index (χ3n) is 2.81. The van der Waals surface area contributed by atoms with Gasteiger partial charge in [0.05, 0.1) is 5.75 Å². The predicted molar refractivity (Wildman–Crippen MR) is 66.6 cm³/mol. The highest BCUT2D eigenvalue weighted by atomic mass is 32.2. The van der Waals surface area contributed by atoms with Crippen molar-refractivity contribution in [1.29, 1.82) is 0 Å². The van der Waals surface area contributed by atoms with Crippen molar-refractivity contribution in [2.24, 2.45) is 5.92 Å². The number of rotatable bonds is 4. The normalized spacial score (nSPS) is 22.9. The molecule has 1 rings (SSSR count). The Morgan fingerprint density at radius 2 is 2.19 bits per heavy atom. The summed E-state index contributed by atoms with van der Waals surface area (Å²) < 4.78 is 26.1. The number of hydrogen-bond acceptors (Lipinski definition) is 3. The van der Waals surface area contributed by atoms with Gasteiger partial charge in [0.25, 0.3) is 0 Å². The maximum absolute atomic E-state index is 11.7. The molecule has 0 spiro atoms. The summed E-state index contributed by atoms with van der Waals surface area (Å²) in [4.78, 5) is 2.10. The molecule has 1 heterocycles. The molecule has 1 atom stereocenters. The SMILES string of the molecule is C=C1CC(CS(=O)(=O)NC(C)C)CCN1C. The number of piperidine rings is 1. The Labute approximate surface area is 98.8 Å². The van der Waals surface area contributed by atoms with Gasteiger partial charge < -0.3 is 4.90 Å². The van der Waals surface area contributed by atoms with Crippen LogP contribution < -0.4 is 4.72 Å². The Hall–Kier alpha value is -0.550. The predicted octanol–water partition coefficient (Wildman–Crippen LogP) is 1.17. The Bertz CT molecular complexity index is 349. The van der Waals surface area contributed by atoms with Crippen LogP contribution in [0.4, 0.5) is 0 Å². The maximum atomic E-state index is 11.7. The van der Waals surface area contributed by atoms with Gasteiger partial charge in [0, 0.05) is 25.3 Å². The first-order valence-electron chi connectivity index (χ1n) is 5.69. The zero-order valence-electron chi connectivity index (χ0n) is 10.4. The lowest BCUT2D eigenvalue weighted by molar-refractivity contribution is 0.293. The average molecular weight is 246 g/mol. The molecule has 16 heavy (non-hydrogen) atoms. The number of sulfonamides is 1. The Morgan fingerprint density at radius 3 is 2.69 bits per heavy atom. The molecular weight excluding hydrogens is 224 g/mol. The van der Waals surface area contributed by atoms with E-state index < -0.39 is 10.0 Å². The van der Waals surface area contributed by atoms with Crippen LogP contribution in [0.3, 0.4) is 0 Å². The van der Waals surface area contributed by atoms with Gasteiger partial charge in [-0.05, 0) is 32.6 Å². The summed E-state index contributed by atoms with van der Waals surface area (Å²) in [6.07, 6.45) is 1.71. The molecule has 0 amide bonds. The minimum Gasteiger partial charge on any atom is -0.378 e. The first kappa shape index (κ1) is 13.5. The molecular formula is C11H22N2O2S. The molecule has 5 heteroatoms. The first-order valence-corrected chi connectivity index (χ1v) is 7.34. The van der Waals surface area contributed by atoms with E-state index in [0.717, 1.165) is 25.1 Å². The van der Waals surface area contributed by atoms with Crippen molar-refractivity contribution in [3.8, 4) is 0 Å². The number of allylic oxidation sites excluding steroid dienone is 1. The van der Waals surface area contributed by atoms with E-state index in [1.54, 1.807) is 0 Å². The van der Waals surface area contributed by atoms with E-state index in [4.69, 9.17) is 0 Å². The molecule has 94 valence electrons. The van der Waals surface area contributed by atoms with Gasteiger partial charge in [0.15, 0.2) is 0 Å². The van der Waals surface area contributed by atoms with Crippen LogP contribution in [0.1, 0.15) is 26.7 Å². The zero-order chi connectivity index (χ0) is 12.3. The Kier molecular flexibility index (Phi) is 4.38. The molecule has 0 aromatic rings. The van der Waals surface area contributed by atoms with Gasteiger partial charge in [0.1, 0.15) is 0 Å². The molecule has 1 aliphatic rings. The summed E-state index contributed by atoms with van der Waals surface area (Å²) in [6.45, 7) is 8.53. The highest BCUT2D eigenvalue weighted by molar-refractivity contribution is 7.89. The van der Waals surface area contributed by atoms with Crippen LogP contribution in [-0.4, -0.2) is 38.7 Å². The molecule has 1 saturated heterocycles. The van der Waals surface area contributed by atoms with Gasteiger partial charge in [-0.3, -0.25) is 0 Å². The number of nitrogens with one attached hydrogen (secondary N) is 1. The summed E-state index contributed by atoms with van der Waals surface area (Å²) in [6, 6.07) is -0.0283. The van der Waals surface area contributed by atoms with Crippen molar-refractivity contribution in [3.05, 3.63) is 12.3 Å². The lowest BCUT2D eigenvalue weighted by Crippen LogP contribution is -2.37. The fraction of sp³-hybridized carbons (Fsp3) is 0.818. The second-order valence-electron chi connectivity index (χ2n) is 4.90. The molecule has 1 aliphatic heterocycles. The minimum absolute atomic E-state index is 0.0283. The molecule has 0 radical (unpaired) electrons. The molecule has 4 nitrogen and oxygen atoms in total. The van der Waals surface area contributed by atoms with E-state index in [0.29, 0.717) is 0 Å². The van der Waals surface area contributed by atoms with Crippen LogP contribution in [-0.2, 0) is 10.0 Å². The molecule has 0 saturated carbocycles. The zero-order valence-corrected chi connectivity index (χ0v) is 11.2. The smallest absolute Gasteiger partial charge is 0.212 e. The molecule has 1 fully saturated rings. The standard InChI is InChI=1S/C11H22N2O2S/c1-9(2)12-16(14,15)8-11-5-6-13(4)10(3)7-11/h9,11-12H,3,5-8H2,1-2,4H3. The van der Waals surface area contributed by atoms with E-state index in [9.17, 15) is 8.42 Å². The van der Waals surface area contributed by atoms with E-state index >= 15 is 0 Å². The van der Waals surface area contributed by atoms with E-state index in [1.807, 2.05) is 20.9 Å². The molecule has 1 unspecified atom stereocenters. The minimum atomic E-state index is -3.13. The molecule has 0 aromatic carbocycles. The monoisotopic (exact) mass is 246 g/mol. The van der Waals surface area contributed by atoms with Gasteiger partial charge >= 0.3 is 0 Å². The Balaban J connectivity index is 2.52. The van der Waals surface area contributed by atoms with Crippen molar-refractivity contribution < 1.29 is 8.42 Å². The quantitative estimate of drug-likeness (QED) is 0.810. The van der Waals surface area contributed by atoms with Crippen LogP contribution in [0, 0.1) is 5.92 Å². The van der Waals surface area contributed by atoms with Crippen LogP contribution in [0.2, 0.25) is 0 Å². The van der Waals surface area contributed by atoms with Crippen molar-refractivity contribution in [1.82, 2.24) is 9.62 Å². The molecule has 0 bridgehead atoms. The lowest BCUT2D eigenvalue weighted by Gasteiger charge is -2.32. The van der Waals surface area contributed by atoms with Crippen LogP contribution in [0.5, 0.6) is 0 Å². The summed E-state index contributed by atoms with van der Waals surface area (Å²) in [5, 5.41) is 0. The van der Waals surface area contributed by atoms with Gasteiger partial charge in [-0.25, -0.2) is 13.1 Å². The van der Waals surface area contributed by atoms with Gasteiger partial charge in [-0.2, -0.15) is 0 Å². The molecule has 0 aliphatic carbocycles. The van der Waals surface area contributed by atoms with Crippen LogP contribution >= 0.6 is 0 Å². The summed E-state index contributed by atoms with van der Waals surface area (Å²) in [5.41, 5.74) is 1.04. The lowest BCUT2D eigenvalue weighted by atomic mass is 9.97. The second kappa shape index (κ2) is 5.19. The fourth-order valence-corrected chi connectivity index (χ4v) is 3.70. The van der Waals surface area contributed by atoms with E-state index in [2.05, 4.69) is 16.2 Å². The highest BCUT2D eigenvalue weighted by Gasteiger charge is 2.24. The number of likely N-dealkylation sites (tertiary alicyclic amines) is 1. The van der Waals surface area contributed by atoms with Crippen molar-refractivity contribution in [2.45, 2.75) is 32.7 Å². The van der Waals surface area contributed by atoms with Crippen molar-refractivity contribution in [3.63, 3.8) is 0 Å². The molecule has 1 N–H and O–H groups in total. The summed E-state index contributed by atoms with van der Waals surface area (Å²) >= 11 is 0. The Morgan fingerprint density at radius 1 is 1.56 bits per heavy atom. The van der Waals surface area contributed by atoms with Crippen molar-refractivity contribution >= 4 is 10.0 Å². The number of nitrogens with zero attached hydrogens (tertiary/aromatic N) is 1. The third-order valence-corrected chi connectivity index (χ3v) is 4.55. The largest absolute Gasteiger partial charge is 0.378 e. The van der Waals surface area contributed by atoms with Gasteiger partial charge in [-0.1, -0.05) is 6.58 Å².